The highest BCUT2D eigenvalue weighted by Crippen LogP contribution is 2.13. The van der Waals surface area contributed by atoms with E-state index in [4.69, 9.17) is 0 Å². The van der Waals surface area contributed by atoms with Crippen LogP contribution in [0.25, 0.3) is 0 Å². The Hall–Kier alpha value is -1.27. The van der Waals surface area contributed by atoms with Gasteiger partial charge in [-0.15, -0.1) is 0 Å². The minimum Gasteiger partial charge on any atom is -0.505 e. The lowest BCUT2D eigenvalue weighted by Gasteiger charge is -2.25. The maximum Gasteiger partial charge on any atom is 0.255 e. The first kappa shape index (κ1) is 13.2. The SMILES string of the molecule is O=C(NCCN1CCSCC1)c1ccncc1O. The van der Waals surface area contributed by atoms with Crippen molar-refractivity contribution in [3.8, 4) is 5.75 Å². The number of hydrogen-bond acceptors (Lipinski definition) is 5. The van der Waals surface area contributed by atoms with Gasteiger partial charge in [-0.05, 0) is 6.07 Å². The van der Waals surface area contributed by atoms with Crippen LogP contribution in [-0.2, 0) is 0 Å². The van der Waals surface area contributed by atoms with Gasteiger partial charge in [-0.1, -0.05) is 0 Å². The van der Waals surface area contributed by atoms with Crippen LogP contribution in [0.15, 0.2) is 18.5 Å². The van der Waals surface area contributed by atoms with Crippen molar-refractivity contribution in [2.24, 2.45) is 0 Å². The van der Waals surface area contributed by atoms with E-state index in [-0.39, 0.29) is 17.2 Å². The number of aromatic nitrogens is 1. The van der Waals surface area contributed by atoms with E-state index in [1.54, 1.807) is 0 Å². The molecule has 0 aliphatic carbocycles. The second-order valence-electron chi connectivity index (χ2n) is 4.10. The Kier molecular flexibility index (Phi) is 4.83. The maximum absolute atomic E-state index is 11.8. The standard InChI is InChI=1S/C12H17N3O2S/c16-11-9-13-2-1-10(11)12(17)14-3-4-15-5-7-18-8-6-15/h1-2,9,16H,3-8H2,(H,14,17). The van der Waals surface area contributed by atoms with Gasteiger partial charge in [-0.25, -0.2) is 0 Å². The van der Waals surface area contributed by atoms with Crippen LogP contribution in [0.2, 0.25) is 0 Å². The Balaban J connectivity index is 1.76. The summed E-state index contributed by atoms with van der Waals surface area (Å²) >= 11 is 1.97. The number of nitrogens with one attached hydrogen (secondary N) is 1. The predicted octanol–water partition coefficient (Wildman–Crippen LogP) is 0.566. The lowest BCUT2D eigenvalue weighted by Crippen LogP contribution is -2.39. The summed E-state index contributed by atoms with van der Waals surface area (Å²) in [7, 11) is 0. The molecule has 1 aromatic heterocycles. The number of nitrogens with zero attached hydrogens (tertiary/aromatic N) is 2. The molecule has 0 radical (unpaired) electrons. The number of amides is 1. The van der Waals surface area contributed by atoms with E-state index in [1.807, 2.05) is 11.8 Å². The van der Waals surface area contributed by atoms with Gasteiger partial charge >= 0.3 is 0 Å². The summed E-state index contributed by atoms with van der Waals surface area (Å²) in [6.07, 6.45) is 2.77. The number of hydrogen-bond donors (Lipinski definition) is 2. The van der Waals surface area contributed by atoms with Crippen molar-refractivity contribution in [1.29, 1.82) is 0 Å². The van der Waals surface area contributed by atoms with Crippen LogP contribution in [-0.4, -0.2) is 58.6 Å². The molecule has 5 nitrogen and oxygen atoms in total. The average Bonchev–Trinajstić information content (AvgIpc) is 2.40. The molecule has 1 fully saturated rings. The first-order valence-electron chi connectivity index (χ1n) is 5.98. The number of thioether (sulfide) groups is 1. The van der Waals surface area contributed by atoms with Gasteiger partial charge in [0, 0.05) is 43.9 Å². The molecule has 1 aliphatic rings. The molecule has 1 saturated heterocycles. The normalized spacial score (nSPS) is 16.4. The smallest absolute Gasteiger partial charge is 0.255 e. The van der Waals surface area contributed by atoms with E-state index in [2.05, 4.69) is 15.2 Å². The maximum atomic E-state index is 11.8. The van der Waals surface area contributed by atoms with Crippen molar-refractivity contribution in [3.05, 3.63) is 24.0 Å². The van der Waals surface area contributed by atoms with Crippen LogP contribution in [0.5, 0.6) is 5.75 Å². The Labute approximate surface area is 111 Å². The summed E-state index contributed by atoms with van der Waals surface area (Å²) in [6, 6.07) is 1.52. The highest BCUT2D eigenvalue weighted by Gasteiger charge is 2.12. The summed E-state index contributed by atoms with van der Waals surface area (Å²) in [5.74, 6) is 2.00. The summed E-state index contributed by atoms with van der Waals surface area (Å²) in [5.41, 5.74) is 0.277. The molecule has 1 aliphatic heterocycles. The van der Waals surface area contributed by atoms with Crippen molar-refractivity contribution >= 4 is 17.7 Å². The molecule has 2 rings (SSSR count). The average molecular weight is 267 g/mol. The van der Waals surface area contributed by atoms with Crippen LogP contribution in [0.1, 0.15) is 10.4 Å². The van der Waals surface area contributed by atoms with Crippen LogP contribution in [0, 0.1) is 0 Å². The molecule has 0 atom stereocenters. The lowest BCUT2D eigenvalue weighted by atomic mass is 10.2. The molecular weight excluding hydrogens is 250 g/mol. The summed E-state index contributed by atoms with van der Waals surface area (Å²) in [4.78, 5) is 17.9. The fourth-order valence-corrected chi connectivity index (χ4v) is 2.80. The van der Waals surface area contributed by atoms with E-state index in [0.717, 1.165) is 19.6 Å². The first-order valence-corrected chi connectivity index (χ1v) is 7.14. The quantitative estimate of drug-likeness (QED) is 0.835. The van der Waals surface area contributed by atoms with Crippen LogP contribution in [0.3, 0.4) is 0 Å². The summed E-state index contributed by atoms with van der Waals surface area (Å²) in [6.45, 7) is 3.63. The van der Waals surface area contributed by atoms with Crippen molar-refractivity contribution in [2.45, 2.75) is 0 Å². The number of pyridine rings is 1. The monoisotopic (exact) mass is 267 g/mol. The van der Waals surface area contributed by atoms with Crippen LogP contribution >= 0.6 is 11.8 Å². The zero-order chi connectivity index (χ0) is 12.8. The van der Waals surface area contributed by atoms with Gasteiger partial charge in [0.25, 0.3) is 5.91 Å². The molecule has 0 bridgehead atoms. The molecule has 0 spiro atoms. The minimum atomic E-state index is -0.249. The Bertz CT molecular complexity index is 408. The van der Waals surface area contributed by atoms with E-state index in [0.29, 0.717) is 6.54 Å². The van der Waals surface area contributed by atoms with Crippen molar-refractivity contribution < 1.29 is 9.90 Å². The zero-order valence-corrected chi connectivity index (χ0v) is 10.9. The van der Waals surface area contributed by atoms with Gasteiger partial charge in [0.2, 0.25) is 0 Å². The molecule has 18 heavy (non-hydrogen) atoms. The Morgan fingerprint density at radius 1 is 1.50 bits per heavy atom. The molecular formula is C12H17N3O2S. The lowest BCUT2D eigenvalue weighted by molar-refractivity contribution is 0.0946. The van der Waals surface area contributed by atoms with Crippen molar-refractivity contribution in [3.63, 3.8) is 0 Å². The molecule has 0 saturated carbocycles. The molecule has 2 N–H and O–H groups in total. The van der Waals surface area contributed by atoms with E-state index in [1.165, 1.54) is 30.0 Å². The zero-order valence-electron chi connectivity index (χ0n) is 10.1. The van der Waals surface area contributed by atoms with Crippen molar-refractivity contribution in [2.75, 3.05) is 37.7 Å². The molecule has 98 valence electrons. The number of aromatic hydroxyl groups is 1. The van der Waals surface area contributed by atoms with Gasteiger partial charge in [-0.3, -0.25) is 14.7 Å². The molecule has 0 unspecified atom stereocenters. The molecule has 1 amide bonds. The third kappa shape index (κ3) is 3.61. The Morgan fingerprint density at radius 2 is 2.28 bits per heavy atom. The minimum absolute atomic E-state index is 0.0793. The van der Waals surface area contributed by atoms with Crippen LogP contribution < -0.4 is 5.32 Å². The highest BCUT2D eigenvalue weighted by atomic mass is 32.2. The van der Waals surface area contributed by atoms with Gasteiger partial charge in [0.1, 0.15) is 5.75 Å². The number of carbonyl (C=O) groups is 1. The second-order valence-corrected chi connectivity index (χ2v) is 5.33. The third-order valence-electron chi connectivity index (χ3n) is 2.86. The van der Waals surface area contributed by atoms with Gasteiger partial charge in [0.15, 0.2) is 0 Å². The highest BCUT2D eigenvalue weighted by molar-refractivity contribution is 7.99. The third-order valence-corrected chi connectivity index (χ3v) is 3.80. The predicted molar refractivity (Wildman–Crippen MR) is 72.0 cm³/mol. The van der Waals surface area contributed by atoms with E-state index >= 15 is 0 Å². The second kappa shape index (κ2) is 6.61. The number of carbonyl (C=O) groups excluding carboxylic acids is 1. The molecule has 1 aromatic rings. The fraction of sp³-hybridized carbons (Fsp3) is 0.500. The molecule has 2 heterocycles. The fourth-order valence-electron chi connectivity index (χ4n) is 1.83. The molecule has 0 aromatic carbocycles. The van der Waals surface area contributed by atoms with Gasteiger partial charge in [-0.2, -0.15) is 11.8 Å². The molecule has 6 heteroatoms. The summed E-state index contributed by atoms with van der Waals surface area (Å²) < 4.78 is 0. The van der Waals surface area contributed by atoms with Gasteiger partial charge in [0.05, 0.1) is 11.8 Å². The number of rotatable bonds is 4. The largest absolute Gasteiger partial charge is 0.505 e. The van der Waals surface area contributed by atoms with E-state index < -0.39 is 0 Å². The van der Waals surface area contributed by atoms with Crippen LogP contribution in [0.4, 0.5) is 0 Å². The first-order chi connectivity index (χ1) is 8.77. The summed E-state index contributed by atoms with van der Waals surface area (Å²) in [5, 5.41) is 12.3. The topological polar surface area (TPSA) is 65.5 Å². The van der Waals surface area contributed by atoms with Gasteiger partial charge < -0.3 is 10.4 Å². The Morgan fingerprint density at radius 3 is 3.00 bits per heavy atom. The van der Waals surface area contributed by atoms with Crippen molar-refractivity contribution in [1.82, 2.24) is 15.2 Å². The van der Waals surface area contributed by atoms with E-state index in [9.17, 15) is 9.90 Å².